The van der Waals surface area contributed by atoms with Gasteiger partial charge in [0.05, 0.1) is 5.69 Å². The zero-order valence-corrected chi connectivity index (χ0v) is 17.4. The average molecular weight is 443 g/mol. The molecule has 1 aromatic heterocycles. The van der Waals surface area contributed by atoms with Crippen molar-refractivity contribution in [2.45, 2.75) is 13.5 Å². The molecule has 1 aliphatic heterocycles. The highest BCUT2D eigenvalue weighted by molar-refractivity contribution is 7.80. The number of thiocarbonyl (C=S) groups is 1. The van der Waals surface area contributed by atoms with Crippen molar-refractivity contribution in [1.82, 2.24) is 5.32 Å². The molecule has 1 amide bonds. The highest BCUT2D eigenvalue weighted by atomic mass is 35.5. The number of ether oxygens (including phenoxy) is 1. The molecule has 1 aliphatic rings. The van der Waals surface area contributed by atoms with E-state index in [1.165, 1.54) is 29.2 Å². The smallest absolute Gasteiger partial charge is 0.281 e. The predicted octanol–water partition coefficient (Wildman–Crippen LogP) is 5.22. The number of amides is 1. The molecular formula is C22H16ClFN2O3S. The normalized spacial score (nSPS) is 15.0. The Labute approximate surface area is 182 Å². The summed E-state index contributed by atoms with van der Waals surface area (Å²) < 4.78 is 24.7. The summed E-state index contributed by atoms with van der Waals surface area (Å²) in [6.07, 6.45) is 1.56. The summed E-state index contributed by atoms with van der Waals surface area (Å²) in [7, 11) is 0. The minimum atomic E-state index is -0.390. The standard InChI is InChI=1S/C22H16ClFN2O3S/c1-13-18(23)3-2-4-20(13)28-12-17-10-9-16(29-17)11-19-21(27)26(22(30)25-19)15-7-5-14(24)6-8-15/h2-11H,12H2,1H3,(H,25,30)/b19-11+. The molecule has 0 spiro atoms. The summed E-state index contributed by atoms with van der Waals surface area (Å²) in [5.74, 6) is 0.987. The van der Waals surface area contributed by atoms with Crippen molar-refractivity contribution in [3.05, 3.63) is 88.2 Å². The topological polar surface area (TPSA) is 54.7 Å². The van der Waals surface area contributed by atoms with Gasteiger partial charge in [0.15, 0.2) is 5.11 Å². The van der Waals surface area contributed by atoms with E-state index in [1.807, 2.05) is 19.1 Å². The monoisotopic (exact) mass is 442 g/mol. The lowest BCUT2D eigenvalue weighted by Crippen LogP contribution is -2.30. The Morgan fingerprint density at radius 2 is 1.97 bits per heavy atom. The molecule has 0 saturated carbocycles. The van der Waals surface area contributed by atoms with E-state index >= 15 is 0 Å². The predicted molar refractivity (Wildman–Crippen MR) is 117 cm³/mol. The van der Waals surface area contributed by atoms with Crippen LogP contribution >= 0.6 is 23.8 Å². The van der Waals surface area contributed by atoms with Gasteiger partial charge in [-0.3, -0.25) is 9.69 Å². The summed E-state index contributed by atoms with van der Waals surface area (Å²) in [5, 5.41) is 3.71. The molecule has 1 N–H and O–H groups in total. The molecular weight excluding hydrogens is 427 g/mol. The molecule has 1 fully saturated rings. The number of benzene rings is 2. The number of rotatable bonds is 5. The number of anilines is 1. The molecule has 0 aliphatic carbocycles. The number of furan rings is 1. The maximum Gasteiger partial charge on any atom is 0.281 e. The third-order valence-electron chi connectivity index (χ3n) is 4.52. The molecule has 5 nitrogen and oxygen atoms in total. The molecule has 2 heterocycles. The fourth-order valence-electron chi connectivity index (χ4n) is 2.94. The van der Waals surface area contributed by atoms with E-state index in [0.717, 1.165) is 5.56 Å². The minimum absolute atomic E-state index is 0.212. The van der Waals surface area contributed by atoms with E-state index in [9.17, 15) is 9.18 Å². The van der Waals surface area contributed by atoms with Crippen molar-refractivity contribution in [2.24, 2.45) is 0 Å². The van der Waals surface area contributed by atoms with Gasteiger partial charge in [-0.15, -0.1) is 0 Å². The second-order valence-electron chi connectivity index (χ2n) is 6.56. The lowest BCUT2D eigenvalue weighted by Gasteiger charge is -2.13. The van der Waals surface area contributed by atoms with Crippen LogP contribution in [0.25, 0.3) is 6.08 Å². The first-order valence-corrected chi connectivity index (χ1v) is 9.80. The molecule has 4 rings (SSSR count). The molecule has 0 atom stereocenters. The van der Waals surface area contributed by atoms with Crippen LogP contribution in [0.2, 0.25) is 5.02 Å². The van der Waals surface area contributed by atoms with E-state index in [1.54, 1.807) is 24.3 Å². The number of carbonyl (C=O) groups is 1. The second kappa shape index (κ2) is 8.30. The van der Waals surface area contributed by atoms with Crippen LogP contribution in [0.15, 0.2) is 64.7 Å². The van der Waals surface area contributed by atoms with Crippen LogP contribution in [-0.4, -0.2) is 11.0 Å². The summed E-state index contributed by atoms with van der Waals surface area (Å²) in [5.41, 5.74) is 1.59. The van der Waals surface area contributed by atoms with Gasteiger partial charge in [-0.1, -0.05) is 17.7 Å². The zero-order valence-electron chi connectivity index (χ0n) is 15.8. The van der Waals surface area contributed by atoms with Crippen LogP contribution in [0.5, 0.6) is 5.75 Å². The molecule has 1 saturated heterocycles. The quantitative estimate of drug-likeness (QED) is 0.433. The van der Waals surface area contributed by atoms with Crippen molar-refractivity contribution in [1.29, 1.82) is 0 Å². The third-order valence-corrected chi connectivity index (χ3v) is 5.21. The van der Waals surface area contributed by atoms with Gasteiger partial charge < -0.3 is 14.5 Å². The van der Waals surface area contributed by atoms with Crippen molar-refractivity contribution in [3.63, 3.8) is 0 Å². The molecule has 0 unspecified atom stereocenters. The first-order chi connectivity index (χ1) is 14.4. The van der Waals surface area contributed by atoms with Crippen molar-refractivity contribution >= 4 is 46.6 Å². The Kier molecular flexibility index (Phi) is 5.57. The van der Waals surface area contributed by atoms with Gasteiger partial charge in [0, 0.05) is 16.7 Å². The van der Waals surface area contributed by atoms with Gasteiger partial charge in [-0.05, 0) is 67.7 Å². The number of nitrogens with one attached hydrogen (secondary N) is 1. The van der Waals surface area contributed by atoms with Crippen LogP contribution in [0, 0.1) is 12.7 Å². The van der Waals surface area contributed by atoms with Gasteiger partial charge >= 0.3 is 0 Å². The fraction of sp³-hybridized carbons (Fsp3) is 0.0909. The van der Waals surface area contributed by atoms with Crippen LogP contribution < -0.4 is 15.0 Å². The Hall–Kier alpha value is -3.16. The molecule has 0 radical (unpaired) electrons. The lowest BCUT2D eigenvalue weighted by atomic mass is 10.2. The van der Waals surface area contributed by atoms with Crippen LogP contribution in [0.4, 0.5) is 10.1 Å². The first kappa shape index (κ1) is 20.1. The fourth-order valence-corrected chi connectivity index (χ4v) is 3.41. The highest BCUT2D eigenvalue weighted by Crippen LogP contribution is 2.27. The zero-order chi connectivity index (χ0) is 21.3. The van der Waals surface area contributed by atoms with Gasteiger partial charge in [-0.25, -0.2) is 4.39 Å². The third kappa shape index (κ3) is 4.08. The lowest BCUT2D eigenvalue weighted by molar-refractivity contribution is -0.113. The van der Waals surface area contributed by atoms with Gasteiger partial charge in [-0.2, -0.15) is 0 Å². The maximum atomic E-state index is 13.2. The van der Waals surface area contributed by atoms with E-state index in [4.69, 9.17) is 33.0 Å². The molecule has 152 valence electrons. The Bertz CT molecular complexity index is 1160. The molecule has 0 bridgehead atoms. The largest absolute Gasteiger partial charge is 0.485 e. The number of nitrogens with zero attached hydrogens (tertiary/aromatic N) is 1. The highest BCUT2D eigenvalue weighted by Gasteiger charge is 2.32. The molecule has 3 aromatic rings. The summed E-state index contributed by atoms with van der Waals surface area (Å²) in [6.45, 7) is 2.09. The Morgan fingerprint density at radius 3 is 2.73 bits per heavy atom. The Balaban J connectivity index is 1.47. The first-order valence-electron chi connectivity index (χ1n) is 9.02. The average Bonchev–Trinajstić information content (AvgIpc) is 3.28. The maximum absolute atomic E-state index is 13.2. The van der Waals surface area contributed by atoms with Gasteiger partial charge in [0.2, 0.25) is 0 Å². The molecule has 2 aromatic carbocycles. The number of halogens is 2. The molecule has 8 heteroatoms. The van der Waals surface area contributed by atoms with Gasteiger partial charge in [0.25, 0.3) is 5.91 Å². The summed E-state index contributed by atoms with van der Waals surface area (Å²) >= 11 is 11.3. The SMILES string of the molecule is Cc1c(Cl)cccc1OCc1ccc(/C=C2/NC(=S)N(c3ccc(F)cc3)C2=O)o1. The summed E-state index contributed by atoms with van der Waals surface area (Å²) in [6, 6.07) is 14.5. The van der Waals surface area contributed by atoms with Crippen molar-refractivity contribution in [2.75, 3.05) is 4.90 Å². The summed E-state index contributed by atoms with van der Waals surface area (Å²) in [4.78, 5) is 14.0. The molecule has 30 heavy (non-hydrogen) atoms. The van der Waals surface area contributed by atoms with Crippen LogP contribution in [-0.2, 0) is 11.4 Å². The van der Waals surface area contributed by atoms with Crippen LogP contribution in [0.3, 0.4) is 0 Å². The van der Waals surface area contributed by atoms with E-state index in [0.29, 0.717) is 28.0 Å². The van der Waals surface area contributed by atoms with E-state index < -0.39 is 5.82 Å². The minimum Gasteiger partial charge on any atom is -0.485 e. The van der Waals surface area contributed by atoms with E-state index in [2.05, 4.69) is 5.32 Å². The number of carbonyl (C=O) groups excluding carboxylic acids is 1. The van der Waals surface area contributed by atoms with Gasteiger partial charge in [0.1, 0.15) is 35.4 Å². The van der Waals surface area contributed by atoms with E-state index in [-0.39, 0.29) is 23.3 Å². The van der Waals surface area contributed by atoms with Crippen LogP contribution in [0.1, 0.15) is 17.1 Å². The number of hydrogen-bond acceptors (Lipinski definition) is 4. The Morgan fingerprint density at radius 1 is 1.20 bits per heavy atom. The second-order valence-corrected chi connectivity index (χ2v) is 7.35. The number of hydrogen-bond donors (Lipinski definition) is 1. The van der Waals surface area contributed by atoms with Crippen molar-refractivity contribution in [3.8, 4) is 5.75 Å². The van der Waals surface area contributed by atoms with Crippen molar-refractivity contribution < 1.29 is 18.3 Å².